The van der Waals surface area contributed by atoms with E-state index in [4.69, 9.17) is 18.9 Å². The number of methoxy groups -OCH3 is 1. The maximum atomic E-state index is 14.9. The monoisotopic (exact) mass is 558 g/mol. The van der Waals surface area contributed by atoms with Crippen molar-refractivity contribution >= 4 is 22.1 Å². The summed E-state index contributed by atoms with van der Waals surface area (Å²) < 4.78 is 79.8. The third kappa shape index (κ3) is 5.31. The minimum Gasteiger partial charge on any atom is -0.465 e. The minimum absolute atomic E-state index is 0.0244. The second-order valence-electron chi connectivity index (χ2n) is 8.75. The summed E-state index contributed by atoms with van der Waals surface area (Å²) in [4.78, 5) is 26.4. The maximum absolute atomic E-state index is 14.9. The number of carbonyl (C=O) groups excluding carboxylic acids is 2. The van der Waals surface area contributed by atoms with Gasteiger partial charge in [-0.3, -0.25) is 14.4 Å². The first kappa shape index (κ1) is 27.7. The number of rotatable bonds is 9. The summed E-state index contributed by atoms with van der Waals surface area (Å²) in [6.45, 7) is 1.36. The number of amides is 1. The summed E-state index contributed by atoms with van der Waals surface area (Å²) >= 11 is 0. The van der Waals surface area contributed by atoms with E-state index >= 15 is 0 Å². The Labute approximate surface area is 218 Å². The van der Waals surface area contributed by atoms with Gasteiger partial charge in [0.1, 0.15) is 12.6 Å². The lowest BCUT2D eigenvalue weighted by molar-refractivity contribution is -0.151. The van der Waals surface area contributed by atoms with Crippen LogP contribution in [-0.4, -0.2) is 91.1 Å². The molecule has 2 aliphatic heterocycles. The molecule has 1 amide bonds. The molecule has 2 aromatic rings. The quantitative estimate of drug-likeness (QED) is 0.335. The number of aryl methyl sites for hydroxylation is 1. The van der Waals surface area contributed by atoms with E-state index in [1.54, 1.807) is 14.0 Å². The van der Waals surface area contributed by atoms with E-state index in [0.29, 0.717) is 25.0 Å². The number of hydrogen-bond donors (Lipinski definition) is 0. The molecule has 0 spiro atoms. The summed E-state index contributed by atoms with van der Waals surface area (Å²) in [5.74, 6) is -4.16. The highest BCUT2D eigenvalue weighted by molar-refractivity contribution is 7.89. The van der Waals surface area contributed by atoms with Gasteiger partial charge in [-0.15, -0.1) is 0 Å². The Hall–Kier alpha value is -3.30. The fourth-order valence-corrected chi connectivity index (χ4v) is 6.39. The molecule has 3 heterocycles. The van der Waals surface area contributed by atoms with E-state index in [-0.39, 0.29) is 32.1 Å². The zero-order chi connectivity index (χ0) is 27.6. The fraction of sp³-hybridized carbons (Fsp3) is 0.522. The van der Waals surface area contributed by atoms with E-state index in [1.165, 1.54) is 29.1 Å². The predicted molar refractivity (Wildman–Crippen MR) is 126 cm³/mol. The summed E-state index contributed by atoms with van der Waals surface area (Å²) in [6.07, 6.45) is 2.61. The molecule has 0 radical (unpaired) electrons. The van der Waals surface area contributed by atoms with Crippen LogP contribution in [0.4, 0.5) is 13.6 Å². The Morgan fingerprint density at radius 3 is 2.45 bits per heavy atom. The highest BCUT2D eigenvalue weighted by Crippen LogP contribution is 2.39. The molecule has 2 aliphatic rings. The first-order valence-electron chi connectivity index (χ1n) is 11.9. The Balaban J connectivity index is 1.65. The van der Waals surface area contributed by atoms with Gasteiger partial charge < -0.3 is 18.9 Å². The summed E-state index contributed by atoms with van der Waals surface area (Å²) in [6, 6.07) is -1.69. The van der Waals surface area contributed by atoms with Crippen LogP contribution in [0.25, 0.3) is 0 Å². The second-order valence-corrected chi connectivity index (χ2v) is 10.6. The van der Waals surface area contributed by atoms with E-state index in [0.717, 1.165) is 4.31 Å². The number of benzene rings is 1. The van der Waals surface area contributed by atoms with E-state index < -0.39 is 62.5 Å². The highest BCUT2D eigenvalue weighted by atomic mass is 32.2. The molecule has 4 rings (SSSR count). The number of esters is 1. The Morgan fingerprint density at radius 1 is 1.13 bits per heavy atom. The third-order valence-corrected chi connectivity index (χ3v) is 8.17. The highest BCUT2D eigenvalue weighted by Gasteiger charge is 2.56. The lowest BCUT2D eigenvalue weighted by Gasteiger charge is -2.44. The van der Waals surface area contributed by atoms with E-state index in [1.807, 2.05) is 0 Å². The number of aromatic nitrogens is 2. The first-order valence-corrected chi connectivity index (χ1v) is 13.3. The van der Waals surface area contributed by atoms with Gasteiger partial charge in [0.2, 0.25) is 10.0 Å². The fourth-order valence-electron chi connectivity index (χ4n) is 4.72. The van der Waals surface area contributed by atoms with Crippen LogP contribution < -0.4 is 4.74 Å². The van der Waals surface area contributed by atoms with Crippen molar-refractivity contribution in [3.63, 3.8) is 0 Å². The van der Waals surface area contributed by atoms with Crippen molar-refractivity contribution in [2.24, 2.45) is 7.05 Å². The molecule has 2 saturated heterocycles. The molecular formula is C23H28F2N4O8S. The van der Waals surface area contributed by atoms with Crippen LogP contribution in [0, 0.1) is 11.6 Å². The SMILES string of the molecule is CCOC(=O)[C@@H]1[C@@H]2CC[C@H](CN1S(=O)(=O)c1cc(F)c(Oc3cnn(C)c3)c(F)c1)N2C(=O)OCCOC. The number of fused-ring (bicyclic) bond motifs is 2. The maximum Gasteiger partial charge on any atom is 0.410 e. The number of ether oxygens (including phenoxy) is 4. The summed E-state index contributed by atoms with van der Waals surface area (Å²) in [7, 11) is -1.59. The molecule has 38 heavy (non-hydrogen) atoms. The van der Waals surface area contributed by atoms with Gasteiger partial charge in [-0.25, -0.2) is 22.0 Å². The van der Waals surface area contributed by atoms with Gasteiger partial charge in [0.05, 0.1) is 36.5 Å². The van der Waals surface area contributed by atoms with Crippen molar-refractivity contribution in [3.8, 4) is 11.5 Å². The molecular weight excluding hydrogens is 530 g/mol. The van der Waals surface area contributed by atoms with Crippen molar-refractivity contribution in [3.05, 3.63) is 36.2 Å². The van der Waals surface area contributed by atoms with Crippen LogP contribution in [0.2, 0.25) is 0 Å². The van der Waals surface area contributed by atoms with Gasteiger partial charge in [0.25, 0.3) is 0 Å². The zero-order valence-electron chi connectivity index (χ0n) is 21.0. The van der Waals surface area contributed by atoms with Crippen LogP contribution in [0.15, 0.2) is 29.4 Å². The molecule has 12 nitrogen and oxygen atoms in total. The lowest BCUT2D eigenvalue weighted by atomic mass is 10.1. The van der Waals surface area contributed by atoms with Crippen molar-refractivity contribution in [2.45, 2.75) is 42.8 Å². The molecule has 3 atom stereocenters. The smallest absolute Gasteiger partial charge is 0.410 e. The summed E-state index contributed by atoms with van der Waals surface area (Å²) in [5, 5.41) is 3.85. The zero-order valence-corrected chi connectivity index (χ0v) is 21.8. The van der Waals surface area contributed by atoms with Crippen LogP contribution in [0.1, 0.15) is 19.8 Å². The van der Waals surface area contributed by atoms with Crippen LogP contribution in [0.5, 0.6) is 11.5 Å². The van der Waals surface area contributed by atoms with Gasteiger partial charge in [-0.2, -0.15) is 9.40 Å². The molecule has 0 N–H and O–H groups in total. The molecule has 0 aliphatic carbocycles. The molecule has 1 aromatic heterocycles. The van der Waals surface area contributed by atoms with Gasteiger partial charge in [-0.1, -0.05) is 0 Å². The van der Waals surface area contributed by atoms with Crippen LogP contribution in [-0.2, 0) is 36.1 Å². The lowest BCUT2D eigenvalue weighted by Crippen LogP contribution is -2.65. The van der Waals surface area contributed by atoms with Crippen LogP contribution >= 0.6 is 0 Å². The Bertz CT molecular complexity index is 1280. The number of nitrogens with zero attached hydrogens (tertiary/aromatic N) is 4. The minimum atomic E-state index is -4.62. The van der Waals surface area contributed by atoms with Crippen molar-refractivity contribution in [1.82, 2.24) is 19.0 Å². The van der Waals surface area contributed by atoms with Gasteiger partial charge in [0, 0.05) is 26.7 Å². The second kappa shape index (κ2) is 11.2. The van der Waals surface area contributed by atoms with Gasteiger partial charge in [-0.05, 0) is 31.9 Å². The Morgan fingerprint density at radius 2 is 1.84 bits per heavy atom. The van der Waals surface area contributed by atoms with Crippen molar-refractivity contribution < 1.29 is 45.7 Å². The third-order valence-electron chi connectivity index (χ3n) is 6.34. The predicted octanol–water partition coefficient (Wildman–Crippen LogP) is 2.04. The standard InChI is InChI=1S/C23H28F2N4O8S/c1-4-35-22(30)20-19-6-5-14(29(19)23(31)36-8-7-34-3)12-28(20)38(32,33)16-9-17(24)21(18(25)10-16)37-15-11-26-27(2)13-15/h9-11,13-14,19-20H,4-8,12H2,1-3H3/t14-,19+,20+/m1/s1. The topological polar surface area (TPSA) is 130 Å². The van der Waals surface area contributed by atoms with Gasteiger partial charge in [0.15, 0.2) is 23.1 Å². The Kier molecular flexibility index (Phi) is 8.18. The summed E-state index contributed by atoms with van der Waals surface area (Å²) in [5.41, 5.74) is 0. The average molecular weight is 559 g/mol. The first-order chi connectivity index (χ1) is 18.1. The van der Waals surface area contributed by atoms with Gasteiger partial charge >= 0.3 is 12.1 Å². The molecule has 208 valence electrons. The number of sulfonamides is 1. The largest absolute Gasteiger partial charge is 0.465 e. The van der Waals surface area contributed by atoms with E-state index in [9.17, 15) is 26.8 Å². The molecule has 0 unspecified atom stereocenters. The van der Waals surface area contributed by atoms with Crippen molar-refractivity contribution in [2.75, 3.05) is 33.5 Å². The number of piperazine rings is 1. The number of hydrogen-bond acceptors (Lipinski definition) is 9. The molecule has 1 aromatic carbocycles. The molecule has 0 saturated carbocycles. The number of halogens is 2. The number of carbonyl (C=O) groups is 2. The molecule has 15 heteroatoms. The molecule has 2 bridgehead atoms. The average Bonchev–Trinajstić information content (AvgIpc) is 3.41. The van der Waals surface area contributed by atoms with Crippen molar-refractivity contribution in [1.29, 1.82) is 0 Å². The van der Waals surface area contributed by atoms with E-state index in [2.05, 4.69) is 5.10 Å². The van der Waals surface area contributed by atoms with Crippen LogP contribution in [0.3, 0.4) is 0 Å². The normalized spacial score (nSPS) is 21.4. The molecule has 2 fully saturated rings.